The van der Waals surface area contributed by atoms with E-state index in [-0.39, 0.29) is 30.3 Å². The molecule has 1 aliphatic carbocycles. The quantitative estimate of drug-likeness (QED) is 0.623. The van der Waals surface area contributed by atoms with Crippen LogP contribution in [0.2, 0.25) is 0 Å². The Balaban J connectivity index is 2.14. The molecule has 0 radical (unpaired) electrons. The summed E-state index contributed by atoms with van der Waals surface area (Å²) in [6.45, 7) is 0. The van der Waals surface area contributed by atoms with Crippen LogP contribution in [0.4, 0.5) is 18.9 Å². The summed E-state index contributed by atoms with van der Waals surface area (Å²) in [7, 11) is 1.42. The SMILES string of the molecule is COc1nc(F)c(NSC)cc1/C=C/C1CCC(F)(F)CC1. The van der Waals surface area contributed by atoms with Crippen molar-refractivity contribution in [1.29, 1.82) is 0 Å². The zero-order valence-electron chi connectivity index (χ0n) is 12.5. The van der Waals surface area contributed by atoms with Gasteiger partial charge in [-0.25, -0.2) is 8.78 Å². The van der Waals surface area contributed by atoms with Crippen molar-refractivity contribution in [3.05, 3.63) is 23.7 Å². The van der Waals surface area contributed by atoms with Gasteiger partial charge in [0.25, 0.3) is 0 Å². The van der Waals surface area contributed by atoms with E-state index in [2.05, 4.69) is 9.71 Å². The molecule has 1 aromatic rings. The van der Waals surface area contributed by atoms with Crippen LogP contribution >= 0.6 is 11.9 Å². The minimum absolute atomic E-state index is 0.0832. The molecule has 1 saturated carbocycles. The molecule has 0 bridgehead atoms. The fourth-order valence-electron chi connectivity index (χ4n) is 2.45. The van der Waals surface area contributed by atoms with E-state index < -0.39 is 11.9 Å². The summed E-state index contributed by atoms with van der Waals surface area (Å²) < 4.78 is 47.9. The molecule has 1 heterocycles. The molecular formula is C15H19F3N2OS. The van der Waals surface area contributed by atoms with Gasteiger partial charge < -0.3 is 9.46 Å². The molecule has 0 amide bonds. The van der Waals surface area contributed by atoms with Gasteiger partial charge in [-0.05, 0) is 24.8 Å². The first-order valence-corrected chi connectivity index (χ1v) is 8.27. The third-order valence-corrected chi connectivity index (χ3v) is 4.11. The highest BCUT2D eigenvalue weighted by molar-refractivity contribution is 7.99. The summed E-state index contributed by atoms with van der Waals surface area (Å²) in [6, 6.07) is 1.60. The number of nitrogens with zero attached hydrogens (tertiary/aromatic N) is 1. The molecule has 1 fully saturated rings. The van der Waals surface area contributed by atoms with Crippen LogP contribution in [0.3, 0.4) is 0 Å². The maximum absolute atomic E-state index is 13.7. The second kappa shape index (κ2) is 7.26. The number of pyridine rings is 1. The molecule has 22 heavy (non-hydrogen) atoms. The molecule has 0 atom stereocenters. The van der Waals surface area contributed by atoms with Crippen LogP contribution in [-0.4, -0.2) is 24.3 Å². The normalized spacial score (nSPS) is 18.6. The van der Waals surface area contributed by atoms with Gasteiger partial charge in [-0.15, -0.1) is 0 Å². The Bertz CT molecular complexity index is 542. The van der Waals surface area contributed by atoms with Crippen LogP contribution in [0.5, 0.6) is 5.88 Å². The van der Waals surface area contributed by atoms with E-state index in [9.17, 15) is 13.2 Å². The molecule has 0 unspecified atom stereocenters. The number of ether oxygens (including phenoxy) is 1. The number of aromatic nitrogens is 1. The number of nitrogens with one attached hydrogen (secondary N) is 1. The summed E-state index contributed by atoms with van der Waals surface area (Å²) in [5, 5.41) is 0. The van der Waals surface area contributed by atoms with Crippen molar-refractivity contribution in [2.45, 2.75) is 31.6 Å². The van der Waals surface area contributed by atoms with Gasteiger partial charge in [0.2, 0.25) is 17.8 Å². The van der Waals surface area contributed by atoms with E-state index in [4.69, 9.17) is 4.74 Å². The number of anilines is 1. The molecule has 0 spiro atoms. The average Bonchev–Trinajstić information content (AvgIpc) is 2.48. The smallest absolute Gasteiger partial charge is 0.248 e. The van der Waals surface area contributed by atoms with Crippen molar-refractivity contribution in [1.82, 2.24) is 4.98 Å². The van der Waals surface area contributed by atoms with Crippen LogP contribution in [0.1, 0.15) is 31.2 Å². The topological polar surface area (TPSA) is 34.1 Å². The van der Waals surface area contributed by atoms with Gasteiger partial charge in [-0.1, -0.05) is 24.1 Å². The molecule has 1 N–H and O–H groups in total. The lowest BCUT2D eigenvalue weighted by molar-refractivity contribution is -0.0410. The predicted octanol–water partition coefficient (Wildman–Crippen LogP) is 4.76. The highest BCUT2D eigenvalue weighted by Gasteiger charge is 2.33. The number of alkyl halides is 2. The monoisotopic (exact) mass is 332 g/mol. The fourth-order valence-corrected chi connectivity index (χ4v) is 2.81. The maximum atomic E-state index is 13.7. The minimum atomic E-state index is -2.53. The van der Waals surface area contributed by atoms with E-state index in [0.29, 0.717) is 18.4 Å². The van der Waals surface area contributed by atoms with Crippen LogP contribution in [0, 0.1) is 11.9 Å². The zero-order valence-corrected chi connectivity index (χ0v) is 13.4. The predicted molar refractivity (Wildman–Crippen MR) is 83.8 cm³/mol. The Morgan fingerprint density at radius 2 is 2.09 bits per heavy atom. The first kappa shape index (κ1) is 17.0. The van der Waals surface area contributed by atoms with Gasteiger partial charge >= 0.3 is 0 Å². The van der Waals surface area contributed by atoms with Gasteiger partial charge in [-0.3, -0.25) is 0 Å². The highest BCUT2D eigenvalue weighted by Crippen LogP contribution is 2.37. The number of halogens is 3. The van der Waals surface area contributed by atoms with E-state index in [0.717, 1.165) is 0 Å². The standard InChI is InChI=1S/C15H19F3N2OS/c1-21-14-11(9-12(20-22-2)13(16)19-14)4-3-10-5-7-15(17,18)8-6-10/h3-4,9-10,20H,5-8H2,1-2H3/b4-3+. The molecule has 122 valence electrons. The molecular weight excluding hydrogens is 313 g/mol. The third kappa shape index (κ3) is 4.32. The number of hydrogen-bond donors (Lipinski definition) is 1. The van der Waals surface area contributed by atoms with Gasteiger partial charge in [-0.2, -0.15) is 9.37 Å². The fraction of sp³-hybridized carbons (Fsp3) is 0.533. The average molecular weight is 332 g/mol. The Morgan fingerprint density at radius 1 is 1.41 bits per heavy atom. The van der Waals surface area contributed by atoms with Gasteiger partial charge in [0, 0.05) is 24.7 Å². The van der Waals surface area contributed by atoms with Gasteiger partial charge in [0.05, 0.1) is 7.11 Å². The van der Waals surface area contributed by atoms with Crippen molar-refractivity contribution < 1.29 is 17.9 Å². The van der Waals surface area contributed by atoms with Crippen molar-refractivity contribution >= 4 is 23.7 Å². The number of methoxy groups -OCH3 is 1. The van der Waals surface area contributed by atoms with Crippen LogP contribution in [0.25, 0.3) is 6.08 Å². The lowest BCUT2D eigenvalue weighted by Crippen LogP contribution is -2.23. The largest absolute Gasteiger partial charge is 0.480 e. The molecule has 2 rings (SSSR count). The van der Waals surface area contributed by atoms with E-state index >= 15 is 0 Å². The molecule has 0 aliphatic heterocycles. The summed E-state index contributed by atoms with van der Waals surface area (Å²) in [6.07, 6.45) is 6.18. The molecule has 1 aliphatic rings. The summed E-state index contributed by atoms with van der Waals surface area (Å²) >= 11 is 1.26. The minimum Gasteiger partial charge on any atom is -0.480 e. The summed E-state index contributed by atoms with van der Waals surface area (Å²) in [5.74, 6) is -2.89. The second-order valence-corrected chi connectivity index (χ2v) is 5.90. The van der Waals surface area contributed by atoms with Crippen LogP contribution in [0.15, 0.2) is 12.1 Å². The van der Waals surface area contributed by atoms with Gasteiger partial charge in [0.15, 0.2) is 0 Å². The Hall–Kier alpha value is -1.37. The van der Waals surface area contributed by atoms with Gasteiger partial charge in [0.1, 0.15) is 5.69 Å². The molecule has 3 nitrogen and oxygen atoms in total. The first-order valence-electron chi connectivity index (χ1n) is 7.05. The Labute approximate surface area is 132 Å². The second-order valence-electron chi connectivity index (χ2n) is 5.28. The van der Waals surface area contributed by atoms with Crippen molar-refractivity contribution in [3.63, 3.8) is 0 Å². The van der Waals surface area contributed by atoms with E-state index in [1.807, 2.05) is 6.08 Å². The summed E-state index contributed by atoms with van der Waals surface area (Å²) in [5.41, 5.74) is 0.890. The first-order chi connectivity index (χ1) is 10.4. The molecule has 7 heteroatoms. The maximum Gasteiger partial charge on any atom is 0.248 e. The van der Waals surface area contributed by atoms with Crippen molar-refractivity contribution in [2.75, 3.05) is 18.1 Å². The number of hydrogen-bond acceptors (Lipinski definition) is 4. The van der Waals surface area contributed by atoms with Crippen molar-refractivity contribution in [2.24, 2.45) is 5.92 Å². The molecule has 0 saturated heterocycles. The van der Waals surface area contributed by atoms with E-state index in [1.54, 1.807) is 18.4 Å². The molecule has 1 aromatic heterocycles. The third-order valence-electron chi connectivity index (χ3n) is 3.68. The lowest BCUT2D eigenvalue weighted by Gasteiger charge is -2.26. The Kier molecular flexibility index (Phi) is 5.61. The number of rotatable bonds is 5. The number of allylic oxidation sites excluding steroid dienone is 1. The summed E-state index contributed by atoms with van der Waals surface area (Å²) in [4.78, 5) is 3.76. The van der Waals surface area contributed by atoms with Crippen LogP contribution in [-0.2, 0) is 0 Å². The van der Waals surface area contributed by atoms with Crippen molar-refractivity contribution in [3.8, 4) is 5.88 Å². The molecule has 0 aromatic carbocycles. The van der Waals surface area contributed by atoms with Crippen LogP contribution < -0.4 is 9.46 Å². The zero-order chi connectivity index (χ0) is 16.2. The lowest BCUT2D eigenvalue weighted by atomic mass is 9.86. The van der Waals surface area contributed by atoms with E-state index in [1.165, 1.54) is 19.1 Å². The Morgan fingerprint density at radius 3 is 2.68 bits per heavy atom. The highest BCUT2D eigenvalue weighted by atomic mass is 32.2.